The highest BCUT2D eigenvalue weighted by atomic mass is 19.1. The van der Waals surface area contributed by atoms with E-state index >= 15 is 0 Å². The molecule has 7 heteroatoms. The largest absolute Gasteiger partial charge is 0.489 e. The molecule has 6 nitrogen and oxygen atoms in total. The summed E-state index contributed by atoms with van der Waals surface area (Å²) < 4.78 is 18.7. The first-order chi connectivity index (χ1) is 14.5. The summed E-state index contributed by atoms with van der Waals surface area (Å²) in [6.45, 7) is 4.80. The van der Waals surface area contributed by atoms with E-state index in [1.54, 1.807) is 12.1 Å². The molecule has 0 saturated carbocycles. The van der Waals surface area contributed by atoms with Gasteiger partial charge in [-0.3, -0.25) is 9.69 Å². The molecular weight excluding hydrogens is 385 g/mol. The van der Waals surface area contributed by atoms with Crippen LogP contribution in [0.4, 0.5) is 10.1 Å². The molecule has 2 aromatic rings. The van der Waals surface area contributed by atoms with Crippen LogP contribution in [0, 0.1) is 5.82 Å². The molecule has 1 amide bonds. The van der Waals surface area contributed by atoms with Crippen molar-refractivity contribution in [3.8, 4) is 5.75 Å². The van der Waals surface area contributed by atoms with Crippen LogP contribution in [-0.4, -0.2) is 54.3 Å². The topological polar surface area (TPSA) is 73.8 Å². The Morgan fingerprint density at radius 2 is 1.90 bits per heavy atom. The molecule has 0 aromatic heterocycles. The molecule has 1 aliphatic heterocycles. The molecule has 1 saturated heterocycles. The Morgan fingerprint density at radius 3 is 2.60 bits per heavy atom. The van der Waals surface area contributed by atoms with Gasteiger partial charge in [-0.15, -0.1) is 0 Å². The van der Waals surface area contributed by atoms with Crippen molar-refractivity contribution in [1.29, 1.82) is 0 Å². The number of benzene rings is 2. The normalized spacial score (nSPS) is 16.2. The zero-order valence-electron chi connectivity index (χ0n) is 17.3. The SMILES string of the molecule is CC(=O)Nc1ccccc1OC[C@@H](O)CNC1CCN(Cc2ccc(F)cc2)CC1. The number of piperidine rings is 1. The molecule has 0 bridgehead atoms. The standard InChI is InChI=1S/C23H30FN3O3/c1-17(28)26-22-4-2-3-5-23(22)30-16-21(29)14-25-20-10-12-27(13-11-20)15-18-6-8-19(24)9-7-18/h2-9,20-21,25,29H,10-16H2,1H3,(H,26,28)/t21-/m0/s1. The molecule has 1 aliphatic rings. The second kappa shape index (κ2) is 11.1. The highest BCUT2D eigenvalue weighted by Gasteiger charge is 2.20. The lowest BCUT2D eigenvalue weighted by molar-refractivity contribution is -0.114. The van der Waals surface area contributed by atoms with Crippen LogP contribution in [0.1, 0.15) is 25.3 Å². The van der Waals surface area contributed by atoms with E-state index in [0.29, 0.717) is 24.0 Å². The van der Waals surface area contributed by atoms with Crippen LogP contribution in [-0.2, 0) is 11.3 Å². The predicted molar refractivity (Wildman–Crippen MR) is 115 cm³/mol. The number of carbonyl (C=O) groups is 1. The summed E-state index contributed by atoms with van der Waals surface area (Å²) in [6, 6.07) is 14.2. The van der Waals surface area contributed by atoms with Gasteiger partial charge in [0.1, 0.15) is 24.3 Å². The van der Waals surface area contributed by atoms with E-state index in [-0.39, 0.29) is 18.3 Å². The first-order valence-corrected chi connectivity index (χ1v) is 10.4. The van der Waals surface area contributed by atoms with Crippen molar-refractivity contribution in [2.45, 2.75) is 38.5 Å². The van der Waals surface area contributed by atoms with E-state index in [1.807, 2.05) is 24.3 Å². The number of halogens is 1. The van der Waals surface area contributed by atoms with Crippen molar-refractivity contribution in [1.82, 2.24) is 10.2 Å². The first kappa shape index (κ1) is 22.2. The molecular formula is C23H30FN3O3. The minimum Gasteiger partial charge on any atom is -0.489 e. The van der Waals surface area contributed by atoms with Gasteiger partial charge in [0.2, 0.25) is 5.91 Å². The average Bonchev–Trinajstić information content (AvgIpc) is 2.74. The molecule has 30 heavy (non-hydrogen) atoms. The highest BCUT2D eigenvalue weighted by molar-refractivity contribution is 5.90. The number of hydrogen-bond donors (Lipinski definition) is 3. The number of hydrogen-bond acceptors (Lipinski definition) is 5. The van der Waals surface area contributed by atoms with Gasteiger partial charge in [-0.2, -0.15) is 0 Å². The van der Waals surface area contributed by atoms with Crippen LogP contribution >= 0.6 is 0 Å². The minimum atomic E-state index is -0.646. The van der Waals surface area contributed by atoms with Gasteiger partial charge in [-0.05, 0) is 55.8 Å². The van der Waals surface area contributed by atoms with Crippen molar-refractivity contribution in [2.75, 3.05) is 31.6 Å². The number of likely N-dealkylation sites (tertiary alicyclic amines) is 1. The third-order valence-electron chi connectivity index (χ3n) is 5.18. The van der Waals surface area contributed by atoms with Crippen molar-refractivity contribution in [3.63, 3.8) is 0 Å². The maximum atomic E-state index is 13.0. The van der Waals surface area contributed by atoms with E-state index in [1.165, 1.54) is 19.1 Å². The Hall–Kier alpha value is -2.48. The van der Waals surface area contributed by atoms with Gasteiger partial charge in [0.15, 0.2) is 0 Å². The summed E-state index contributed by atoms with van der Waals surface area (Å²) in [5, 5.41) is 16.4. The van der Waals surface area contributed by atoms with Crippen molar-refractivity contribution in [2.24, 2.45) is 0 Å². The molecule has 0 unspecified atom stereocenters. The lowest BCUT2D eigenvalue weighted by Gasteiger charge is -2.33. The minimum absolute atomic E-state index is 0.146. The molecule has 3 rings (SSSR count). The number of nitrogens with one attached hydrogen (secondary N) is 2. The number of nitrogens with zero attached hydrogens (tertiary/aromatic N) is 1. The second-order valence-electron chi connectivity index (χ2n) is 7.73. The fourth-order valence-electron chi connectivity index (χ4n) is 3.58. The van der Waals surface area contributed by atoms with E-state index in [4.69, 9.17) is 4.74 Å². The summed E-state index contributed by atoms with van der Waals surface area (Å²) in [4.78, 5) is 13.6. The summed E-state index contributed by atoms with van der Waals surface area (Å²) in [5.74, 6) is 0.169. The Morgan fingerprint density at radius 1 is 1.20 bits per heavy atom. The summed E-state index contributed by atoms with van der Waals surface area (Å²) >= 11 is 0. The number of aliphatic hydroxyl groups is 1. The number of para-hydroxylation sites is 2. The molecule has 162 valence electrons. The maximum Gasteiger partial charge on any atom is 0.221 e. The molecule has 0 aliphatic carbocycles. The van der Waals surface area contributed by atoms with E-state index in [2.05, 4.69) is 15.5 Å². The van der Waals surface area contributed by atoms with Gasteiger partial charge in [0, 0.05) is 26.1 Å². The summed E-state index contributed by atoms with van der Waals surface area (Å²) in [7, 11) is 0. The maximum absolute atomic E-state index is 13.0. The van der Waals surface area contributed by atoms with E-state index in [0.717, 1.165) is 38.0 Å². The van der Waals surface area contributed by atoms with Crippen molar-refractivity contribution >= 4 is 11.6 Å². The monoisotopic (exact) mass is 415 g/mol. The number of amides is 1. The number of carbonyl (C=O) groups excluding carboxylic acids is 1. The quantitative estimate of drug-likeness (QED) is 0.587. The van der Waals surface area contributed by atoms with E-state index in [9.17, 15) is 14.3 Å². The third-order valence-corrected chi connectivity index (χ3v) is 5.18. The molecule has 1 fully saturated rings. The number of rotatable bonds is 9. The zero-order valence-corrected chi connectivity index (χ0v) is 17.3. The first-order valence-electron chi connectivity index (χ1n) is 10.4. The molecule has 0 radical (unpaired) electrons. The van der Waals surface area contributed by atoms with Gasteiger partial charge in [-0.1, -0.05) is 24.3 Å². The van der Waals surface area contributed by atoms with Gasteiger partial charge in [0.25, 0.3) is 0 Å². The Labute approximate surface area is 177 Å². The fraction of sp³-hybridized carbons (Fsp3) is 0.435. The number of aliphatic hydroxyl groups excluding tert-OH is 1. The van der Waals surface area contributed by atoms with Crippen molar-refractivity contribution in [3.05, 3.63) is 59.9 Å². The average molecular weight is 416 g/mol. The molecule has 0 spiro atoms. The van der Waals surface area contributed by atoms with Crippen LogP contribution in [0.25, 0.3) is 0 Å². The van der Waals surface area contributed by atoms with Gasteiger partial charge in [-0.25, -0.2) is 4.39 Å². The predicted octanol–water partition coefficient (Wildman–Crippen LogP) is 2.78. The van der Waals surface area contributed by atoms with Crippen LogP contribution in [0.3, 0.4) is 0 Å². The molecule has 1 atom stereocenters. The lowest BCUT2D eigenvalue weighted by Crippen LogP contribution is -2.45. The van der Waals surface area contributed by atoms with Crippen molar-refractivity contribution < 1.29 is 19.0 Å². The Bertz CT molecular complexity index is 808. The van der Waals surface area contributed by atoms with Crippen LogP contribution in [0.15, 0.2) is 48.5 Å². The number of ether oxygens (including phenoxy) is 1. The highest BCUT2D eigenvalue weighted by Crippen LogP contribution is 2.23. The Kier molecular flexibility index (Phi) is 8.19. The molecule has 1 heterocycles. The summed E-state index contributed by atoms with van der Waals surface area (Å²) in [5.41, 5.74) is 1.72. The van der Waals surface area contributed by atoms with Gasteiger partial charge < -0.3 is 20.5 Å². The molecule has 3 N–H and O–H groups in total. The fourth-order valence-corrected chi connectivity index (χ4v) is 3.58. The number of anilines is 1. The van der Waals surface area contributed by atoms with E-state index < -0.39 is 6.10 Å². The second-order valence-corrected chi connectivity index (χ2v) is 7.73. The van der Waals surface area contributed by atoms with Crippen LogP contribution in [0.2, 0.25) is 0 Å². The third kappa shape index (κ3) is 7.09. The van der Waals surface area contributed by atoms with Crippen LogP contribution in [0.5, 0.6) is 5.75 Å². The Balaban J connectivity index is 1.35. The lowest BCUT2D eigenvalue weighted by atomic mass is 10.0. The summed E-state index contributed by atoms with van der Waals surface area (Å²) in [6.07, 6.45) is 1.35. The van der Waals surface area contributed by atoms with Gasteiger partial charge >= 0.3 is 0 Å². The van der Waals surface area contributed by atoms with Gasteiger partial charge in [0.05, 0.1) is 5.69 Å². The smallest absolute Gasteiger partial charge is 0.221 e. The molecule has 2 aromatic carbocycles. The van der Waals surface area contributed by atoms with Crippen LogP contribution < -0.4 is 15.4 Å². The zero-order chi connectivity index (χ0) is 21.3.